The van der Waals surface area contributed by atoms with Crippen LogP contribution in [0.3, 0.4) is 0 Å². The average Bonchev–Trinajstić information content (AvgIpc) is 3.08. The van der Waals surface area contributed by atoms with Gasteiger partial charge in [0.1, 0.15) is 18.3 Å². The molecule has 4 atom stereocenters. The second-order valence-electron chi connectivity index (χ2n) is 6.67. The van der Waals surface area contributed by atoms with Crippen molar-refractivity contribution in [1.82, 2.24) is 5.32 Å². The first-order valence-corrected chi connectivity index (χ1v) is 8.50. The highest BCUT2D eigenvalue weighted by Crippen LogP contribution is 2.31. The standard InChI is InChI=1S/C18H23NO4/c20-18(13-7-4-8-13)19-14-10-22-17-15(11-23-16(14)17)21-9-12-5-2-1-3-6-12/h1-3,5-6,13-17H,4,7-11H2,(H,19,20)/t14-,15+,16+,17+/m0/s1. The monoisotopic (exact) mass is 317 g/mol. The number of amides is 1. The summed E-state index contributed by atoms with van der Waals surface area (Å²) in [7, 11) is 0. The van der Waals surface area contributed by atoms with Crippen molar-refractivity contribution in [3.63, 3.8) is 0 Å². The zero-order valence-electron chi connectivity index (χ0n) is 13.1. The molecule has 0 aromatic heterocycles. The van der Waals surface area contributed by atoms with Crippen LogP contribution in [0.15, 0.2) is 30.3 Å². The first-order valence-electron chi connectivity index (χ1n) is 8.50. The molecule has 0 unspecified atom stereocenters. The Kier molecular flexibility index (Phi) is 4.33. The fourth-order valence-electron chi connectivity index (χ4n) is 3.48. The third-order valence-electron chi connectivity index (χ3n) is 5.12. The smallest absolute Gasteiger partial charge is 0.223 e. The summed E-state index contributed by atoms with van der Waals surface area (Å²) in [6.07, 6.45) is 2.96. The van der Waals surface area contributed by atoms with Crippen molar-refractivity contribution >= 4 is 5.91 Å². The first kappa shape index (κ1) is 15.1. The molecule has 1 amide bonds. The van der Waals surface area contributed by atoms with E-state index in [2.05, 4.69) is 5.32 Å². The summed E-state index contributed by atoms with van der Waals surface area (Å²) < 4.78 is 17.7. The van der Waals surface area contributed by atoms with E-state index in [9.17, 15) is 4.79 Å². The van der Waals surface area contributed by atoms with Crippen molar-refractivity contribution in [2.75, 3.05) is 13.2 Å². The Hall–Kier alpha value is -1.43. The van der Waals surface area contributed by atoms with Crippen LogP contribution in [0.4, 0.5) is 0 Å². The topological polar surface area (TPSA) is 56.8 Å². The number of carbonyl (C=O) groups excluding carboxylic acids is 1. The molecule has 2 aliphatic heterocycles. The molecule has 0 bridgehead atoms. The van der Waals surface area contributed by atoms with Gasteiger partial charge in [0.15, 0.2) is 0 Å². The van der Waals surface area contributed by atoms with Gasteiger partial charge in [-0.2, -0.15) is 0 Å². The van der Waals surface area contributed by atoms with Crippen LogP contribution < -0.4 is 5.32 Å². The van der Waals surface area contributed by atoms with Crippen LogP contribution in [0.2, 0.25) is 0 Å². The maximum absolute atomic E-state index is 12.1. The van der Waals surface area contributed by atoms with E-state index in [4.69, 9.17) is 14.2 Å². The van der Waals surface area contributed by atoms with Gasteiger partial charge in [-0.3, -0.25) is 4.79 Å². The van der Waals surface area contributed by atoms with Crippen LogP contribution in [0.5, 0.6) is 0 Å². The zero-order chi connectivity index (χ0) is 15.6. The third-order valence-corrected chi connectivity index (χ3v) is 5.12. The molecule has 1 saturated carbocycles. The molecule has 23 heavy (non-hydrogen) atoms. The van der Waals surface area contributed by atoms with E-state index in [0.29, 0.717) is 19.8 Å². The van der Waals surface area contributed by atoms with Gasteiger partial charge in [-0.05, 0) is 18.4 Å². The number of hydrogen-bond acceptors (Lipinski definition) is 4. The van der Waals surface area contributed by atoms with E-state index in [1.165, 1.54) is 0 Å². The zero-order valence-corrected chi connectivity index (χ0v) is 13.1. The van der Waals surface area contributed by atoms with Gasteiger partial charge >= 0.3 is 0 Å². The van der Waals surface area contributed by atoms with Gasteiger partial charge < -0.3 is 19.5 Å². The largest absolute Gasteiger partial charge is 0.370 e. The maximum Gasteiger partial charge on any atom is 0.223 e. The molecule has 0 radical (unpaired) electrons. The van der Waals surface area contributed by atoms with Crippen LogP contribution in [-0.2, 0) is 25.6 Å². The Morgan fingerprint density at radius 1 is 1.13 bits per heavy atom. The highest BCUT2D eigenvalue weighted by Gasteiger charge is 2.49. The van der Waals surface area contributed by atoms with Crippen LogP contribution in [0, 0.1) is 5.92 Å². The molecule has 3 fully saturated rings. The van der Waals surface area contributed by atoms with E-state index in [-0.39, 0.29) is 36.2 Å². The number of fused-ring (bicyclic) bond motifs is 1. The number of benzene rings is 1. The Labute approximate surface area is 136 Å². The second kappa shape index (κ2) is 6.59. The molecule has 5 nitrogen and oxygen atoms in total. The number of carbonyl (C=O) groups is 1. The Morgan fingerprint density at radius 3 is 2.65 bits per heavy atom. The lowest BCUT2D eigenvalue weighted by Gasteiger charge is -2.27. The minimum Gasteiger partial charge on any atom is -0.370 e. The van der Waals surface area contributed by atoms with E-state index < -0.39 is 0 Å². The molecule has 3 aliphatic rings. The van der Waals surface area contributed by atoms with Crippen molar-refractivity contribution in [3.8, 4) is 0 Å². The number of ether oxygens (including phenoxy) is 3. The third kappa shape index (κ3) is 3.13. The maximum atomic E-state index is 12.1. The summed E-state index contributed by atoms with van der Waals surface area (Å²) in [4.78, 5) is 12.1. The van der Waals surface area contributed by atoms with E-state index in [0.717, 1.165) is 24.8 Å². The van der Waals surface area contributed by atoms with Gasteiger partial charge in [-0.15, -0.1) is 0 Å². The Bertz CT molecular complexity index is 545. The van der Waals surface area contributed by atoms with Crippen molar-refractivity contribution in [2.24, 2.45) is 5.92 Å². The molecular weight excluding hydrogens is 294 g/mol. The Balaban J connectivity index is 1.30. The van der Waals surface area contributed by atoms with E-state index in [1.54, 1.807) is 0 Å². The van der Waals surface area contributed by atoms with Crippen molar-refractivity contribution < 1.29 is 19.0 Å². The molecule has 4 rings (SSSR count). The van der Waals surface area contributed by atoms with Crippen molar-refractivity contribution in [3.05, 3.63) is 35.9 Å². The molecule has 1 aromatic rings. The molecule has 124 valence electrons. The fraction of sp³-hybridized carbons (Fsp3) is 0.611. The summed E-state index contributed by atoms with van der Waals surface area (Å²) in [6, 6.07) is 10.1. The van der Waals surface area contributed by atoms with Gasteiger partial charge in [-0.25, -0.2) is 0 Å². The SMILES string of the molecule is O=C(N[C@H]1CO[C@H]2[C@@H]1OC[C@H]2OCc1ccccc1)C1CCC1. The first-order chi connectivity index (χ1) is 11.3. The Morgan fingerprint density at radius 2 is 1.91 bits per heavy atom. The molecule has 2 heterocycles. The molecular formula is C18H23NO4. The normalized spacial score (nSPS) is 33.2. The minimum absolute atomic E-state index is 0.0431. The summed E-state index contributed by atoms with van der Waals surface area (Å²) >= 11 is 0. The van der Waals surface area contributed by atoms with Gasteiger partial charge in [0.25, 0.3) is 0 Å². The minimum atomic E-state index is -0.0835. The summed E-state index contributed by atoms with van der Waals surface area (Å²) in [6.45, 7) is 1.59. The van der Waals surface area contributed by atoms with Crippen LogP contribution >= 0.6 is 0 Å². The predicted octanol–water partition coefficient (Wildman–Crippen LogP) is 1.65. The molecule has 1 aromatic carbocycles. The lowest BCUT2D eigenvalue weighted by atomic mass is 9.84. The molecule has 1 aliphatic carbocycles. The fourth-order valence-corrected chi connectivity index (χ4v) is 3.48. The van der Waals surface area contributed by atoms with E-state index >= 15 is 0 Å². The average molecular weight is 317 g/mol. The van der Waals surface area contributed by atoms with Crippen LogP contribution in [-0.4, -0.2) is 43.5 Å². The van der Waals surface area contributed by atoms with Crippen molar-refractivity contribution in [2.45, 2.75) is 50.2 Å². The quantitative estimate of drug-likeness (QED) is 0.897. The highest BCUT2D eigenvalue weighted by atomic mass is 16.6. The van der Waals surface area contributed by atoms with Gasteiger partial charge in [0, 0.05) is 5.92 Å². The van der Waals surface area contributed by atoms with Crippen LogP contribution in [0.25, 0.3) is 0 Å². The highest BCUT2D eigenvalue weighted by molar-refractivity contribution is 5.79. The molecule has 2 saturated heterocycles. The van der Waals surface area contributed by atoms with Gasteiger partial charge in [0.05, 0.1) is 25.9 Å². The number of hydrogen-bond donors (Lipinski definition) is 1. The number of rotatable bonds is 5. The molecule has 1 N–H and O–H groups in total. The summed E-state index contributed by atoms with van der Waals surface area (Å²) in [5.41, 5.74) is 1.14. The number of nitrogens with one attached hydrogen (secondary N) is 1. The van der Waals surface area contributed by atoms with Gasteiger partial charge in [0.2, 0.25) is 5.91 Å². The lowest BCUT2D eigenvalue weighted by molar-refractivity contribution is -0.128. The van der Waals surface area contributed by atoms with Crippen molar-refractivity contribution in [1.29, 1.82) is 0 Å². The summed E-state index contributed by atoms with van der Waals surface area (Å²) in [5.74, 6) is 0.350. The molecule has 0 spiro atoms. The second-order valence-corrected chi connectivity index (χ2v) is 6.67. The van der Waals surface area contributed by atoms with Gasteiger partial charge in [-0.1, -0.05) is 36.8 Å². The van der Waals surface area contributed by atoms with E-state index in [1.807, 2.05) is 30.3 Å². The predicted molar refractivity (Wildman–Crippen MR) is 83.8 cm³/mol. The van der Waals surface area contributed by atoms with Crippen LogP contribution in [0.1, 0.15) is 24.8 Å². The molecule has 5 heteroatoms. The lowest BCUT2D eigenvalue weighted by Crippen LogP contribution is -2.47. The summed E-state index contributed by atoms with van der Waals surface area (Å²) in [5, 5.41) is 3.10.